The zero-order valence-corrected chi connectivity index (χ0v) is 13.9. The summed E-state index contributed by atoms with van der Waals surface area (Å²) in [5.41, 5.74) is 1.34. The van der Waals surface area contributed by atoms with Crippen LogP contribution in [0, 0.1) is 0 Å². The number of hydrogen-bond acceptors (Lipinski definition) is 1. The van der Waals surface area contributed by atoms with Crippen molar-refractivity contribution in [2.45, 2.75) is 77.6 Å². The molecule has 1 heteroatoms. The van der Waals surface area contributed by atoms with Gasteiger partial charge in [-0.05, 0) is 30.5 Å². The minimum Gasteiger partial charge on any atom is -0.508 e. The maximum absolute atomic E-state index is 9.20. The number of hydrogen-bond donors (Lipinski definition) is 1. The molecule has 0 unspecified atom stereocenters. The van der Waals surface area contributed by atoms with Crippen molar-refractivity contribution in [2.24, 2.45) is 0 Å². The van der Waals surface area contributed by atoms with Gasteiger partial charge in [-0.25, -0.2) is 0 Å². The first-order chi connectivity index (χ1) is 10.3. The van der Waals surface area contributed by atoms with E-state index in [9.17, 15) is 5.11 Å². The molecular weight excluding hydrogens is 256 g/mol. The van der Waals surface area contributed by atoms with E-state index in [2.05, 4.69) is 20.1 Å². The molecule has 0 aliphatic rings. The topological polar surface area (TPSA) is 20.2 Å². The highest BCUT2D eigenvalue weighted by Crippen LogP contribution is 2.14. The molecule has 0 spiro atoms. The lowest BCUT2D eigenvalue weighted by Gasteiger charge is -2.03. The monoisotopic (exact) mass is 290 g/mol. The van der Waals surface area contributed by atoms with Crippen LogP contribution in [-0.2, 0) is 6.42 Å². The predicted molar refractivity (Wildman–Crippen MR) is 94.9 cm³/mol. The van der Waals surface area contributed by atoms with Crippen LogP contribution >= 0.6 is 0 Å². The van der Waals surface area contributed by atoms with Gasteiger partial charge in [0.25, 0.3) is 0 Å². The maximum atomic E-state index is 9.20. The first-order valence-electron chi connectivity index (χ1n) is 8.61. The van der Waals surface area contributed by atoms with Gasteiger partial charge >= 0.3 is 0 Å². The Kier molecular flexibility index (Phi) is 14.3. The van der Waals surface area contributed by atoms with Crippen LogP contribution in [0.15, 0.2) is 37.4 Å². The molecule has 120 valence electrons. The van der Waals surface area contributed by atoms with Gasteiger partial charge in [0.05, 0.1) is 0 Å². The molecule has 21 heavy (non-hydrogen) atoms. The molecule has 0 radical (unpaired) electrons. The van der Waals surface area contributed by atoms with Crippen molar-refractivity contribution in [1.29, 1.82) is 0 Å². The molecule has 1 rings (SSSR count). The Morgan fingerprint density at radius 3 is 1.62 bits per heavy atom. The molecule has 1 N–H and O–H groups in total. The van der Waals surface area contributed by atoms with Crippen molar-refractivity contribution >= 4 is 0 Å². The highest BCUT2D eigenvalue weighted by atomic mass is 16.3. The first kappa shape index (κ1) is 19.8. The highest BCUT2D eigenvalue weighted by molar-refractivity contribution is 5.25. The quantitative estimate of drug-likeness (QED) is 0.357. The average Bonchev–Trinajstić information content (AvgIpc) is 2.53. The van der Waals surface area contributed by atoms with Crippen LogP contribution in [0.3, 0.4) is 0 Å². The summed E-state index contributed by atoms with van der Waals surface area (Å²) < 4.78 is 0. The Bertz CT molecular complexity index is 315. The van der Waals surface area contributed by atoms with Crippen LogP contribution in [0.25, 0.3) is 0 Å². The van der Waals surface area contributed by atoms with E-state index in [1.807, 2.05) is 12.1 Å². The number of phenolic OH excluding ortho intramolecular Hbond substituents is 1. The fourth-order valence-electron chi connectivity index (χ4n) is 2.48. The second-order valence-corrected chi connectivity index (χ2v) is 5.60. The van der Waals surface area contributed by atoms with Gasteiger partial charge in [-0.3, -0.25) is 0 Å². The fourth-order valence-corrected chi connectivity index (χ4v) is 2.48. The number of aryl methyl sites for hydroxylation is 1. The molecule has 0 aliphatic carbocycles. The van der Waals surface area contributed by atoms with E-state index < -0.39 is 0 Å². The number of benzene rings is 1. The molecule has 0 aromatic heterocycles. The largest absolute Gasteiger partial charge is 0.508 e. The van der Waals surface area contributed by atoms with Crippen molar-refractivity contribution < 1.29 is 5.11 Å². The van der Waals surface area contributed by atoms with Gasteiger partial charge in [0.2, 0.25) is 0 Å². The van der Waals surface area contributed by atoms with Crippen LogP contribution < -0.4 is 0 Å². The summed E-state index contributed by atoms with van der Waals surface area (Å²) in [4.78, 5) is 0. The van der Waals surface area contributed by atoms with Gasteiger partial charge in [0, 0.05) is 0 Å². The standard InChI is InChI=1S/C18H30O.C2H4/c1-2-3-4-5-6-7-8-9-10-11-12-17-13-15-18(19)16-14-17;1-2/h13-16,19H,2-12H2,1H3;1-2H2. The molecule has 1 aromatic carbocycles. The van der Waals surface area contributed by atoms with Crippen molar-refractivity contribution in [3.05, 3.63) is 43.0 Å². The van der Waals surface area contributed by atoms with E-state index in [1.165, 1.54) is 69.8 Å². The fraction of sp³-hybridized carbons (Fsp3) is 0.600. The molecule has 1 nitrogen and oxygen atoms in total. The summed E-state index contributed by atoms with van der Waals surface area (Å²) in [5, 5.41) is 9.20. The Hall–Kier alpha value is -1.24. The number of rotatable bonds is 11. The molecule has 0 fully saturated rings. The molecule has 1 aromatic rings. The van der Waals surface area contributed by atoms with E-state index >= 15 is 0 Å². The number of unbranched alkanes of at least 4 members (excludes halogenated alkanes) is 9. The van der Waals surface area contributed by atoms with Crippen LogP contribution in [0.2, 0.25) is 0 Å². The molecule has 0 atom stereocenters. The minimum atomic E-state index is 0.367. The van der Waals surface area contributed by atoms with E-state index in [4.69, 9.17) is 0 Å². The van der Waals surface area contributed by atoms with E-state index in [1.54, 1.807) is 12.1 Å². The second-order valence-electron chi connectivity index (χ2n) is 5.60. The summed E-state index contributed by atoms with van der Waals surface area (Å²) >= 11 is 0. The first-order valence-corrected chi connectivity index (χ1v) is 8.61. The Morgan fingerprint density at radius 2 is 1.14 bits per heavy atom. The van der Waals surface area contributed by atoms with Crippen LogP contribution in [0.4, 0.5) is 0 Å². The van der Waals surface area contributed by atoms with Gasteiger partial charge in [-0.2, -0.15) is 0 Å². The second kappa shape index (κ2) is 15.2. The van der Waals surface area contributed by atoms with Crippen LogP contribution in [0.5, 0.6) is 5.75 Å². The van der Waals surface area contributed by atoms with Crippen molar-refractivity contribution in [1.82, 2.24) is 0 Å². The van der Waals surface area contributed by atoms with Crippen LogP contribution in [-0.4, -0.2) is 5.11 Å². The zero-order chi connectivity index (χ0) is 15.8. The van der Waals surface area contributed by atoms with E-state index in [0.29, 0.717) is 5.75 Å². The summed E-state index contributed by atoms with van der Waals surface area (Å²) in [6.07, 6.45) is 15.0. The predicted octanol–water partition coefficient (Wildman–Crippen LogP) is 6.66. The summed E-state index contributed by atoms with van der Waals surface area (Å²) in [5.74, 6) is 0.367. The molecule has 0 heterocycles. The van der Waals surface area contributed by atoms with Gasteiger partial charge in [0.15, 0.2) is 0 Å². The normalized spacial score (nSPS) is 9.95. The van der Waals surface area contributed by atoms with Crippen molar-refractivity contribution in [2.75, 3.05) is 0 Å². The third-order valence-electron chi connectivity index (χ3n) is 3.76. The molecular formula is C20H34O. The molecule has 0 saturated carbocycles. The highest BCUT2D eigenvalue weighted by Gasteiger charge is 1.95. The van der Waals surface area contributed by atoms with E-state index in [0.717, 1.165) is 6.42 Å². The molecule has 0 aliphatic heterocycles. The lowest BCUT2D eigenvalue weighted by atomic mass is 10.0. The zero-order valence-electron chi connectivity index (χ0n) is 13.9. The minimum absolute atomic E-state index is 0.367. The third kappa shape index (κ3) is 12.2. The van der Waals surface area contributed by atoms with Crippen molar-refractivity contribution in [3.8, 4) is 5.75 Å². The third-order valence-corrected chi connectivity index (χ3v) is 3.76. The number of aromatic hydroxyl groups is 1. The Morgan fingerprint density at radius 1 is 0.714 bits per heavy atom. The summed E-state index contributed by atoms with van der Waals surface area (Å²) in [6.45, 7) is 8.27. The molecule has 0 bridgehead atoms. The lowest BCUT2D eigenvalue weighted by molar-refractivity contribution is 0.475. The van der Waals surface area contributed by atoms with Crippen molar-refractivity contribution in [3.63, 3.8) is 0 Å². The van der Waals surface area contributed by atoms with Gasteiger partial charge in [-0.1, -0.05) is 76.8 Å². The van der Waals surface area contributed by atoms with Gasteiger partial charge in [0.1, 0.15) is 5.75 Å². The SMILES string of the molecule is C=C.CCCCCCCCCCCCc1ccc(O)cc1. The number of phenols is 1. The summed E-state index contributed by atoms with van der Waals surface area (Å²) in [7, 11) is 0. The van der Waals surface area contributed by atoms with Gasteiger partial charge in [-0.15, -0.1) is 13.2 Å². The maximum Gasteiger partial charge on any atom is 0.115 e. The summed E-state index contributed by atoms with van der Waals surface area (Å²) in [6, 6.07) is 7.63. The van der Waals surface area contributed by atoms with E-state index in [-0.39, 0.29) is 0 Å². The van der Waals surface area contributed by atoms with Gasteiger partial charge < -0.3 is 5.11 Å². The smallest absolute Gasteiger partial charge is 0.115 e. The Labute approximate surface area is 132 Å². The molecule has 0 amide bonds. The Balaban J connectivity index is 0.00000191. The lowest BCUT2D eigenvalue weighted by Crippen LogP contribution is -1.86. The average molecular weight is 290 g/mol. The molecule has 0 saturated heterocycles. The van der Waals surface area contributed by atoms with Crippen LogP contribution in [0.1, 0.15) is 76.7 Å².